The van der Waals surface area contributed by atoms with Crippen molar-refractivity contribution in [2.24, 2.45) is 0 Å². The number of nitrogens with two attached hydrogens (primary N) is 2. The lowest BCUT2D eigenvalue weighted by atomic mass is 9.81. The van der Waals surface area contributed by atoms with Crippen molar-refractivity contribution in [2.45, 2.75) is 32.2 Å². The van der Waals surface area contributed by atoms with Crippen LogP contribution < -0.4 is 16.6 Å². The molecule has 6 heteroatoms. The summed E-state index contributed by atoms with van der Waals surface area (Å²) in [5, 5.41) is 2.83. The summed E-state index contributed by atoms with van der Waals surface area (Å²) in [6, 6.07) is 10.6. The van der Waals surface area contributed by atoms with Crippen molar-refractivity contribution < 1.29 is 5.32 Å². The van der Waals surface area contributed by atoms with Gasteiger partial charge in [-0.1, -0.05) is 44.2 Å². The number of hydrogen-bond acceptors (Lipinski definition) is 3. The molecular weight excluding hydrogens is 302 g/mol. The van der Waals surface area contributed by atoms with E-state index >= 15 is 0 Å². The lowest BCUT2D eigenvalue weighted by Gasteiger charge is -2.24. The highest BCUT2D eigenvalue weighted by molar-refractivity contribution is 5.79. The Balaban J connectivity index is 1.62. The monoisotopic (exact) mass is 326 g/mol. The SMILES string of the molecule is CC(C)(CC[NH2+]Cc1c[nH]c2nc(N)[nH]c(=O)c12)c1ccccc1. The molecule has 2 heterocycles. The molecule has 0 aliphatic rings. The summed E-state index contributed by atoms with van der Waals surface area (Å²) in [5.41, 5.74) is 8.36. The van der Waals surface area contributed by atoms with Gasteiger partial charge in [0.25, 0.3) is 5.56 Å². The third kappa shape index (κ3) is 3.33. The van der Waals surface area contributed by atoms with Gasteiger partial charge in [-0.25, -0.2) is 0 Å². The fraction of sp³-hybridized carbons (Fsp3) is 0.333. The molecule has 2 aromatic heterocycles. The molecule has 1 aromatic carbocycles. The molecule has 0 spiro atoms. The minimum atomic E-state index is -0.188. The highest BCUT2D eigenvalue weighted by atomic mass is 16.1. The summed E-state index contributed by atoms with van der Waals surface area (Å²) in [6.45, 7) is 6.24. The Morgan fingerprint density at radius 1 is 1.25 bits per heavy atom. The summed E-state index contributed by atoms with van der Waals surface area (Å²) >= 11 is 0. The van der Waals surface area contributed by atoms with Gasteiger partial charge in [-0.3, -0.25) is 9.78 Å². The second kappa shape index (κ2) is 6.49. The van der Waals surface area contributed by atoms with Gasteiger partial charge in [0, 0.05) is 18.2 Å². The van der Waals surface area contributed by atoms with E-state index in [1.165, 1.54) is 5.56 Å². The number of nitrogen functional groups attached to an aromatic ring is 1. The number of H-pyrrole nitrogens is 2. The standard InChI is InChI=1S/C18H23N5O/c1-18(2,13-6-4-3-5-7-13)8-9-20-10-12-11-21-15-14(12)16(24)23-17(19)22-15/h3-7,11,20H,8-10H2,1-2H3,(H4,19,21,22,23,24)/p+1. The predicted molar refractivity (Wildman–Crippen MR) is 95.7 cm³/mol. The van der Waals surface area contributed by atoms with E-state index in [4.69, 9.17) is 5.73 Å². The van der Waals surface area contributed by atoms with Crippen LogP contribution in [0.3, 0.4) is 0 Å². The number of quaternary nitrogens is 1. The van der Waals surface area contributed by atoms with E-state index in [2.05, 4.69) is 58.4 Å². The highest BCUT2D eigenvalue weighted by Gasteiger charge is 2.20. The Labute approximate surface area is 140 Å². The normalized spacial score (nSPS) is 11.9. The molecule has 0 bridgehead atoms. The van der Waals surface area contributed by atoms with E-state index in [1.807, 2.05) is 12.3 Å². The van der Waals surface area contributed by atoms with Crippen LogP contribution in [0.1, 0.15) is 31.4 Å². The maximum Gasteiger partial charge on any atom is 0.262 e. The molecule has 0 unspecified atom stereocenters. The highest BCUT2D eigenvalue weighted by Crippen LogP contribution is 2.25. The predicted octanol–water partition coefficient (Wildman–Crippen LogP) is 1.26. The molecule has 0 aliphatic carbocycles. The Morgan fingerprint density at radius 2 is 2.00 bits per heavy atom. The number of aromatic nitrogens is 3. The summed E-state index contributed by atoms with van der Waals surface area (Å²) in [6.07, 6.45) is 2.89. The number of nitrogens with zero attached hydrogens (tertiary/aromatic N) is 1. The van der Waals surface area contributed by atoms with Gasteiger partial charge < -0.3 is 16.0 Å². The van der Waals surface area contributed by atoms with Crippen molar-refractivity contribution in [3.05, 3.63) is 58.0 Å². The average Bonchev–Trinajstić information content (AvgIpc) is 2.95. The zero-order chi connectivity index (χ0) is 17.2. The molecule has 3 aromatic rings. The van der Waals surface area contributed by atoms with Crippen molar-refractivity contribution in [1.29, 1.82) is 0 Å². The molecule has 0 atom stereocenters. The van der Waals surface area contributed by atoms with Gasteiger partial charge in [-0.05, 0) is 11.0 Å². The number of benzene rings is 1. The van der Waals surface area contributed by atoms with E-state index in [1.54, 1.807) is 0 Å². The molecule has 126 valence electrons. The van der Waals surface area contributed by atoms with Crippen molar-refractivity contribution in [3.63, 3.8) is 0 Å². The van der Waals surface area contributed by atoms with Crippen molar-refractivity contribution in [2.75, 3.05) is 12.3 Å². The Bertz CT molecular complexity index is 879. The van der Waals surface area contributed by atoms with Crippen LogP contribution in [-0.2, 0) is 12.0 Å². The smallest absolute Gasteiger partial charge is 0.262 e. The van der Waals surface area contributed by atoms with E-state index in [0.29, 0.717) is 11.0 Å². The molecule has 0 radical (unpaired) electrons. The minimum absolute atomic E-state index is 0.130. The Morgan fingerprint density at radius 3 is 2.75 bits per heavy atom. The van der Waals surface area contributed by atoms with E-state index in [0.717, 1.165) is 25.1 Å². The Hall–Kier alpha value is -2.60. The first kappa shape index (κ1) is 16.3. The summed E-state index contributed by atoms with van der Waals surface area (Å²) in [7, 11) is 0. The molecule has 0 saturated heterocycles. The molecule has 3 rings (SSSR count). The third-order valence-corrected chi connectivity index (χ3v) is 4.53. The van der Waals surface area contributed by atoms with Gasteiger partial charge in [0.1, 0.15) is 12.2 Å². The number of rotatable bonds is 6. The molecule has 6 N–H and O–H groups in total. The van der Waals surface area contributed by atoms with Gasteiger partial charge in [-0.15, -0.1) is 0 Å². The molecular formula is C18H24N5O+. The molecule has 0 saturated carbocycles. The summed E-state index contributed by atoms with van der Waals surface area (Å²) in [4.78, 5) is 21.7. The van der Waals surface area contributed by atoms with Gasteiger partial charge in [0.2, 0.25) is 5.95 Å². The van der Waals surface area contributed by atoms with Crippen molar-refractivity contribution in [3.8, 4) is 0 Å². The summed E-state index contributed by atoms with van der Waals surface area (Å²) < 4.78 is 0. The molecule has 0 aliphatic heterocycles. The van der Waals surface area contributed by atoms with Crippen LogP contribution in [0.2, 0.25) is 0 Å². The molecule has 0 amide bonds. The second-order valence-electron chi connectivity index (χ2n) is 6.77. The second-order valence-corrected chi connectivity index (χ2v) is 6.77. The first-order valence-electron chi connectivity index (χ1n) is 8.20. The largest absolute Gasteiger partial charge is 0.369 e. The van der Waals surface area contributed by atoms with E-state index in [-0.39, 0.29) is 16.9 Å². The lowest BCUT2D eigenvalue weighted by Crippen LogP contribution is -2.83. The van der Waals surface area contributed by atoms with Crippen LogP contribution in [-0.4, -0.2) is 21.5 Å². The first-order chi connectivity index (χ1) is 11.5. The Kier molecular flexibility index (Phi) is 4.40. The summed E-state index contributed by atoms with van der Waals surface area (Å²) in [5.74, 6) is 0.134. The molecule has 0 fully saturated rings. The van der Waals surface area contributed by atoms with Gasteiger partial charge in [0.15, 0.2) is 0 Å². The van der Waals surface area contributed by atoms with Gasteiger partial charge in [-0.2, -0.15) is 4.98 Å². The number of hydrogen-bond donors (Lipinski definition) is 4. The fourth-order valence-electron chi connectivity index (χ4n) is 3.04. The van der Waals surface area contributed by atoms with Gasteiger partial charge in [0.05, 0.1) is 11.9 Å². The van der Waals surface area contributed by atoms with Crippen LogP contribution in [0.15, 0.2) is 41.3 Å². The average molecular weight is 326 g/mol. The molecule has 24 heavy (non-hydrogen) atoms. The number of aromatic amines is 2. The third-order valence-electron chi connectivity index (χ3n) is 4.53. The zero-order valence-electron chi connectivity index (χ0n) is 14.1. The number of fused-ring (bicyclic) bond motifs is 1. The number of anilines is 1. The zero-order valence-corrected chi connectivity index (χ0v) is 14.1. The maximum atomic E-state index is 12.0. The quantitative estimate of drug-likeness (QED) is 0.513. The number of nitrogens with one attached hydrogen (secondary N) is 2. The van der Waals surface area contributed by atoms with Gasteiger partial charge >= 0.3 is 0 Å². The topological polar surface area (TPSA) is 104 Å². The van der Waals surface area contributed by atoms with Crippen LogP contribution in [0, 0.1) is 0 Å². The lowest BCUT2D eigenvalue weighted by molar-refractivity contribution is -0.671. The van der Waals surface area contributed by atoms with Crippen LogP contribution >= 0.6 is 0 Å². The van der Waals surface area contributed by atoms with Crippen LogP contribution in [0.25, 0.3) is 11.0 Å². The maximum absolute atomic E-state index is 12.0. The van der Waals surface area contributed by atoms with Crippen molar-refractivity contribution in [1.82, 2.24) is 15.0 Å². The van der Waals surface area contributed by atoms with Crippen LogP contribution in [0.4, 0.5) is 5.95 Å². The van der Waals surface area contributed by atoms with E-state index in [9.17, 15) is 4.79 Å². The fourth-order valence-corrected chi connectivity index (χ4v) is 3.04. The van der Waals surface area contributed by atoms with Crippen molar-refractivity contribution >= 4 is 17.0 Å². The van der Waals surface area contributed by atoms with E-state index < -0.39 is 0 Å². The van der Waals surface area contributed by atoms with Crippen LogP contribution in [0.5, 0.6) is 0 Å². The first-order valence-corrected chi connectivity index (χ1v) is 8.20. The minimum Gasteiger partial charge on any atom is -0.369 e. The molecule has 6 nitrogen and oxygen atoms in total.